The number of fused-ring (bicyclic) bond motifs is 2. The van der Waals surface area contributed by atoms with Gasteiger partial charge >= 0.3 is 0 Å². The molecule has 0 saturated carbocycles. The Balaban J connectivity index is 1.29. The first-order chi connectivity index (χ1) is 18.7. The summed E-state index contributed by atoms with van der Waals surface area (Å²) in [4.78, 5) is 11.9. The summed E-state index contributed by atoms with van der Waals surface area (Å²) in [5, 5.41) is 7.62. The predicted octanol–water partition coefficient (Wildman–Crippen LogP) is 4.57. The van der Waals surface area contributed by atoms with E-state index in [1.54, 1.807) is 14.2 Å². The molecule has 2 aliphatic rings. The third kappa shape index (κ3) is 4.90. The molecule has 0 aliphatic carbocycles. The first-order valence-electron chi connectivity index (χ1n) is 12.5. The second-order valence-corrected chi connectivity index (χ2v) is 8.93. The van der Waals surface area contributed by atoms with E-state index >= 15 is 0 Å². The van der Waals surface area contributed by atoms with Crippen LogP contribution in [0.2, 0.25) is 0 Å². The molecule has 0 atom stereocenters. The van der Waals surface area contributed by atoms with E-state index in [1.165, 1.54) is 5.69 Å². The maximum Gasteiger partial charge on any atom is 0.231 e. The number of ether oxygens (including phenoxy) is 5. The first-order valence-corrected chi connectivity index (χ1v) is 12.5. The van der Waals surface area contributed by atoms with Crippen LogP contribution < -0.4 is 34.5 Å². The number of nitrogens with one attached hydrogen (secondary N) is 2. The third-order valence-electron chi connectivity index (χ3n) is 6.59. The van der Waals surface area contributed by atoms with E-state index in [4.69, 9.17) is 33.7 Å². The molecule has 2 N–H and O–H groups in total. The minimum atomic E-state index is 0.244. The summed E-state index contributed by atoms with van der Waals surface area (Å²) in [6.45, 7) is 4.05. The van der Waals surface area contributed by atoms with E-state index in [-0.39, 0.29) is 6.79 Å². The van der Waals surface area contributed by atoms with Gasteiger partial charge in [0, 0.05) is 42.5 Å². The van der Waals surface area contributed by atoms with E-state index in [2.05, 4.69) is 39.8 Å². The van der Waals surface area contributed by atoms with E-state index in [1.807, 2.05) is 30.3 Å². The number of anilines is 4. The van der Waals surface area contributed by atoms with Crippen molar-refractivity contribution >= 4 is 34.0 Å². The van der Waals surface area contributed by atoms with Crippen LogP contribution in [-0.2, 0) is 11.3 Å². The fourth-order valence-electron chi connectivity index (χ4n) is 4.58. The van der Waals surface area contributed by atoms with Crippen molar-refractivity contribution in [3.63, 3.8) is 0 Å². The molecule has 1 aromatic heterocycles. The number of benzene rings is 3. The van der Waals surface area contributed by atoms with Crippen LogP contribution in [0.1, 0.15) is 5.56 Å². The van der Waals surface area contributed by atoms with Gasteiger partial charge in [-0.2, -0.15) is 4.98 Å². The normalized spacial score (nSPS) is 14.4. The predicted molar refractivity (Wildman–Crippen MR) is 145 cm³/mol. The van der Waals surface area contributed by atoms with Crippen molar-refractivity contribution in [2.24, 2.45) is 0 Å². The maximum atomic E-state index is 5.54. The van der Waals surface area contributed by atoms with Crippen LogP contribution in [0.3, 0.4) is 0 Å². The zero-order valence-corrected chi connectivity index (χ0v) is 21.3. The molecule has 0 spiro atoms. The number of hydrogen-bond donors (Lipinski definition) is 2. The highest BCUT2D eigenvalue weighted by atomic mass is 16.7. The molecule has 38 heavy (non-hydrogen) atoms. The fraction of sp³-hybridized carbons (Fsp3) is 0.286. The van der Waals surface area contributed by atoms with Gasteiger partial charge in [-0.05, 0) is 48.0 Å². The number of morpholine rings is 1. The quantitative estimate of drug-likeness (QED) is 0.347. The molecule has 0 bridgehead atoms. The Labute approximate surface area is 220 Å². The average molecular weight is 516 g/mol. The highest BCUT2D eigenvalue weighted by Gasteiger charge is 2.16. The van der Waals surface area contributed by atoms with Gasteiger partial charge in [0.1, 0.15) is 5.82 Å². The molecule has 0 radical (unpaired) electrons. The lowest BCUT2D eigenvalue weighted by atomic mass is 10.2. The van der Waals surface area contributed by atoms with Crippen molar-refractivity contribution in [2.75, 3.05) is 62.8 Å². The number of hydrogen-bond acceptors (Lipinski definition) is 10. The van der Waals surface area contributed by atoms with Crippen LogP contribution in [0.4, 0.5) is 23.1 Å². The summed E-state index contributed by atoms with van der Waals surface area (Å²) < 4.78 is 27.5. The van der Waals surface area contributed by atoms with E-state index in [9.17, 15) is 0 Å². The molecule has 3 aromatic carbocycles. The Hall–Kier alpha value is -4.44. The molecule has 6 rings (SSSR count). The number of nitrogens with zero attached hydrogens (tertiary/aromatic N) is 3. The Kier molecular flexibility index (Phi) is 6.62. The van der Waals surface area contributed by atoms with Gasteiger partial charge in [0.15, 0.2) is 23.0 Å². The lowest BCUT2D eigenvalue weighted by Gasteiger charge is -2.29. The van der Waals surface area contributed by atoms with Gasteiger partial charge < -0.3 is 39.2 Å². The summed E-state index contributed by atoms with van der Waals surface area (Å²) in [6, 6.07) is 17.9. The second kappa shape index (κ2) is 10.5. The maximum absolute atomic E-state index is 5.54. The van der Waals surface area contributed by atoms with E-state index in [0.717, 1.165) is 60.0 Å². The lowest BCUT2D eigenvalue weighted by Crippen LogP contribution is -2.36. The van der Waals surface area contributed by atoms with Crippen molar-refractivity contribution in [1.82, 2.24) is 9.97 Å². The van der Waals surface area contributed by atoms with Crippen LogP contribution in [0, 0.1) is 0 Å². The molecule has 1 fully saturated rings. The van der Waals surface area contributed by atoms with E-state index in [0.29, 0.717) is 29.8 Å². The first kappa shape index (κ1) is 23.9. The van der Waals surface area contributed by atoms with Gasteiger partial charge in [0.05, 0.1) is 33.0 Å². The van der Waals surface area contributed by atoms with Crippen molar-refractivity contribution < 1.29 is 23.7 Å². The van der Waals surface area contributed by atoms with Crippen molar-refractivity contribution in [2.45, 2.75) is 6.54 Å². The van der Waals surface area contributed by atoms with Crippen LogP contribution in [-0.4, -0.2) is 57.3 Å². The van der Waals surface area contributed by atoms with Gasteiger partial charge in [-0.3, -0.25) is 0 Å². The smallest absolute Gasteiger partial charge is 0.231 e. The molecule has 0 unspecified atom stereocenters. The molecule has 3 heterocycles. The number of rotatable bonds is 8. The fourth-order valence-corrected chi connectivity index (χ4v) is 4.58. The van der Waals surface area contributed by atoms with Gasteiger partial charge in [-0.25, -0.2) is 4.98 Å². The minimum absolute atomic E-state index is 0.244. The largest absolute Gasteiger partial charge is 0.493 e. The molecule has 2 aliphatic heterocycles. The molecule has 10 heteroatoms. The SMILES string of the molecule is COc1cc2nc(NCc3ccc4c(c3)OCO4)nc(Nc3ccc(N4CCOCC4)cc3)c2cc1OC. The minimum Gasteiger partial charge on any atom is -0.493 e. The highest BCUT2D eigenvalue weighted by Crippen LogP contribution is 2.36. The van der Waals surface area contributed by atoms with Crippen LogP contribution >= 0.6 is 0 Å². The van der Waals surface area contributed by atoms with Gasteiger partial charge in [0.25, 0.3) is 0 Å². The summed E-state index contributed by atoms with van der Waals surface area (Å²) in [6.07, 6.45) is 0. The zero-order chi connectivity index (χ0) is 25.9. The standard InChI is InChI=1S/C28H29N5O5/c1-34-24-14-21-22(15-25(24)35-2)31-28(29-16-18-3-8-23-26(13-18)38-17-37-23)32-27(21)30-19-4-6-20(7-5-19)33-9-11-36-12-10-33/h3-8,13-15H,9-12,16-17H2,1-2H3,(H2,29,30,31,32). The van der Waals surface area contributed by atoms with Gasteiger partial charge in [-0.1, -0.05) is 6.07 Å². The lowest BCUT2D eigenvalue weighted by molar-refractivity contribution is 0.122. The Morgan fingerprint density at radius 3 is 2.42 bits per heavy atom. The molecule has 196 valence electrons. The van der Waals surface area contributed by atoms with Crippen LogP contribution in [0.5, 0.6) is 23.0 Å². The third-order valence-corrected chi connectivity index (χ3v) is 6.59. The molecular formula is C28H29N5O5. The van der Waals surface area contributed by atoms with Crippen molar-refractivity contribution in [3.05, 3.63) is 60.2 Å². The van der Waals surface area contributed by atoms with E-state index < -0.39 is 0 Å². The zero-order valence-electron chi connectivity index (χ0n) is 21.3. The summed E-state index contributed by atoms with van der Waals surface area (Å²) in [7, 11) is 3.22. The van der Waals surface area contributed by atoms with Crippen LogP contribution in [0.25, 0.3) is 10.9 Å². The topological polar surface area (TPSA) is 99.2 Å². The molecule has 10 nitrogen and oxygen atoms in total. The summed E-state index contributed by atoms with van der Waals surface area (Å²) in [5.74, 6) is 3.83. The molecule has 4 aromatic rings. The Bertz CT molecular complexity index is 1440. The summed E-state index contributed by atoms with van der Waals surface area (Å²) >= 11 is 0. The highest BCUT2D eigenvalue weighted by molar-refractivity contribution is 5.94. The average Bonchev–Trinajstić information content (AvgIpc) is 3.44. The van der Waals surface area contributed by atoms with Crippen LogP contribution in [0.15, 0.2) is 54.6 Å². The van der Waals surface area contributed by atoms with Crippen molar-refractivity contribution in [3.8, 4) is 23.0 Å². The monoisotopic (exact) mass is 515 g/mol. The van der Waals surface area contributed by atoms with Gasteiger partial charge in [-0.15, -0.1) is 0 Å². The molecule has 1 saturated heterocycles. The summed E-state index contributed by atoms with van der Waals surface area (Å²) in [5.41, 5.74) is 3.83. The Morgan fingerprint density at radius 2 is 1.63 bits per heavy atom. The number of methoxy groups -OCH3 is 2. The second-order valence-electron chi connectivity index (χ2n) is 8.93. The molecular weight excluding hydrogens is 486 g/mol. The molecule has 0 amide bonds. The number of aromatic nitrogens is 2. The van der Waals surface area contributed by atoms with Crippen molar-refractivity contribution in [1.29, 1.82) is 0 Å². The Morgan fingerprint density at radius 1 is 0.868 bits per heavy atom. The van der Waals surface area contributed by atoms with Gasteiger partial charge in [0.2, 0.25) is 12.7 Å².